The lowest BCUT2D eigenvalue weighted by atomic mass is 10.6. The predicted octanol–water partition coefficient (Wildman–Crippen LogP) is -0.118. The smallest absolute Gasteiger partial charge is 0.219 e. The number of aromatic nitrogens is 2. The number of nitrogens with zero attached hydrogens (tertiary/aromatic N) is 2. The molecule has 0 amide bonds. The summed E-state index contributed by atoms with van der Waals surface area (Å²) >= 11 is 0. The van der Waals surface area contributed by atoms with Gasteiger partial charge in [0.1, 0.15) is 6.20 Å². The second-order valence-electron chi connectivity index (χ2n) is 0.938. The van der Waals surface area contributed by atoms with E-state index in [1.807, 2.05) is 0 Å². The molecule has 0 saturated heterocycles. The molecule has 0 N–H and O–H groups in total. The third-order valence-electron chi connectivity index (χ3n) is 0.495. The predicted molar refractivity (Wildman–Crippen MR) is 19.7 cm³/mol. The van der Waals surface area contributed by atoms with Gasteiger partial charge < -0.3 is 4.52 Å². The number of hydrogen-bond acceptors (Lipinski definition) is 4. The Kier molecular flexibility index (Phi) is 0.856. The Labute approximate surface area is 39.1 Å². The van der Waals surface area contributed by atoms with Crippen LogP contribution in [0.25, 0.3) is 0 Å². The molecule has 0 aliphatic rings. The van der Waals surface area contributed by atoms with Crippen molar-refractivity contribution in [2.45, 2.75) is 0 Å². The molecule has 36 valence electrons. The third-order valence-corrected chi connectivity index (χ3v) is 0.495. The van der Waals surface area contributed by atoms with Gasteiger partial charge in [0.25, 0.3) is 0 Å². The second kappa shape index (κ2) is 1.51. The molecule has 0 bridgehead atoms. The van der Waals surface area contributed by atoms with Crippen molar-refractivity contribution in [2.75, 3.05) is 0 Å². The maximum Gasteiger partial charge on any atom is 0.219 e. The van der Waals surface area contributed by atoms with Crippen molar-refractivity contribution < 1.29 is 9.32 Å². The molecule has 4 nitrogen and oxygen atoms in total. The molecule has 0 aromatic carbocycles. The summed E-state index contributed by atoms with van der Waals surface area (Å²) in [7, 11) is 0. The molecular weight excluding hydrogens is 96.0 g/mol. The molecule has 0 saturated carbocycles. The van der Waals surface area contributed by atoms with Gasteiger partial charge in [-0.3, -0.25) is 4.79 Å². The summed E-state index contributed by atoms with van der Waals surface area (Å²) in [6.45, 7) is 0. The fourth-order valence-corrected chi connectivity index (χ4v) is 0.227. The SMILES string of the molecule is O=Cc1cnno1. The standard InChI is InChI=1S/C3H2N2O2/c6-2-3-1-4-5-7-3/h1-2H. The van der Waals surface area contributed by atoms with Gasteiger partial charge in [-0.05, 0) is 0 Å². The van der Waals surface area contributed by atoms with Crippen molar-refractivity contribution in [1.82, 2.24) is 10.4 Å². The molecular formula is C3H2N2O2. The van der Waals surface area contributed by atoms with Gasteiger partial charge in [-0.25, -0.2) is 0 Å². The highest BCUT2D eigenvalue weighted by molar-refractivity contribution is 5.69. The molecule has 0 spiro atoms. The first kappa shape index (κ1) is 3.98. The van der Waals surface area contributed by atoms with Crippen molar-refractivity contribution in [3.8, 4) is 0 Å². The van der Waals surface area contributed by atoms with Gasteiger partial charge in [0, 0.05) is 5.27 Å². The Morgan fingerprint density at radius 3 is 3.00 bits per heavy atom. The van der Waals surface area contributed by atoms with Gasteiger partial charge in [0.2, 0.25) is 5.76 Å². The lowest BCUT2D eigenvalue weighted by Crippen LogP contribution is -1.66. The van der Waals surface area contributed by atoms with E-state index in [-0.39, 0.29) is 5.76 Å². The minimum Gasteiger partial charge on any atom is -0.334 e. The number of rotatable bonds is 1. The number of hydrogen-bond donors (Lipinski definition) is 0. The zero-order valence-electron chi connectivity index (χ0n) is 3.37. The minimum absolute atomic E-state index is 0.153. The fraction of sp³-hybridized carbons (Fsp3) is 0. The van der Waals surface area contributed by atoms with Gasteiger partial charge in [0.15, 0.2) is 6.29 Å². The van der Waals surface area contributed by atoms with Crippen LogP contribution in [0.3, 0.4) is 0 Å². The first-order chi connectivity index (χ1) is 3.43. The van der Waals surface area contributed by atoms with Crippen molar-refractivity contribution in [3.05, 3.63) is 12.0 Å². The van der Waals surface area contributed by atoms with Crippen LogP contribution in [0, 0.1) is 0 Å². The highest BCUT2D eigenvalue weighted by Crippen LogP contribution is 1.83. The van der Waals surface area contributed by atoms with E-state index in [0.717, 1.165) is 0 Å². The third kappa shape index (κ3) is 0.623. The van der Waals surface area contributed by atoms with Crippen LogP contribution in [-0.4, -0.2) is 16.7 Å². The Balaban J connectivity index is 2.96. The summed E-state index contributed by atoms with van der Waals surface area (Å²) in [5, 5.41) is 6.28. The Hall–Kier alpha value is -1.19. The molecule has 4 heteroatoms. The van der Waals surface area contributed by atoms with Gasteiger partial charge in [0.05, 0.1) is 0 Å². The monoisotopic (exact) mass is 98.0 g/mol. The normalized spacial score (nSPS) is 8.57. The largest absolute Gasteiger partial charge is 0.334 e. The minimum atomic E-state index is 0.153. The van der Waals surface area contributed by atoms with Crippen LogP contribution in [0.2, 0.25) is 0 Å². The molecule has 0 aliphatic carbocycles. The Morgan fingerprint density at radius 2 is 2.71 bits per heavy atom. The van der Waals surface area contributed by atoms with Crippen LogP contribution in [0.5, 0.6) is 0 Å². The van der Waals surface area contributed by atoms with E-state index in [4.69, 9.17) is 0 Å². The zero-order valence-corrected chi connectivity index (χ0v) is 3.37. The quantitative estimate of drug-likeness (QED) is 0.459. The molecule has 1 aromatic heterocycles. The van der Waals surface area contributed by atoms with Gasteiger partial charge >= 0.3 is 0 Å². The summed E-state index contributed by atoms with van der Waals surface area (Å²) in [4.78, 5) is 9.69. The molecule has 1 heterocycles. The highest BCUT2D eigenvalue weighted by atomic mass is 16.5. The van der Waals surface area contributed by atoms with Crippen LogP contribution in [0.4, 0.5) is 0 Å². The summed E-state index contributed by atoms with van der Waals surface area (Å²) < 4.78 is 4.25. The van der Waals surface area contributed by atoms with E-state index in [1.54, 1.807) is 0 Å². The van der Waals surface area contributed by atoms with Crippen molar-refractivity contribution in [2.24, 2.45) is 0 Å². The van der Waals surface area contributed by atoms with Crippen LogP contribution < -0.4 is 0 Å². The maximum atomic E-state index is 9.69. The van der Waals surface area contributed by atoms with Crippen LogP contribution in [-0.2, 0) is 0 Å². The van der Waals surface area contributed by atoms with Gasteiger partial charge in [-0.2, -0.15) is 0 Å². The number of aldehydes is 1. The molecule has 0 fully saturated rings. The van der Waals surface area contributed by atoms with Crippen LogP contribution in [0.1, 0.15) is 10.6 Å². The fourth-order valence-electron chi connectivity index (χ4n) is 0.227. The molecule has 0 radical (unpaired) electrons. The Bertz CT molecular complexity index is 146. The molecule has 1 aromatic rings. The first-order valence-corrected chi connectivity index (χ1v) is 1.66. The van der Waals surface area contributed by atoms with Crippen LogP contribution in [0.15, 0.2) is 10.7 Å². The molecule has 0 aliphatic heterocycles. The molecule has 0 unspecified atom stereocenters. The number of carbonyl (C=O) groups excluding carboxylic acids is 1. The summed E-state index contributed by atoms with van der Waals surface area (Å²) in [6, 6.07) is 0. The molecule has 0 atom stereocenters. The van der Waals surface area contributed by atoms with Gasteiger partial charge in [-0.1, -0.05) is 0 Å². The topological polar surface area (TPSA) is 56.0 Å². The maximum absolute atomic E-state index is 9.69. The molecule has 1 rings (SSSR count). The van der Waals surface area contributed by atoms with Crippen molar-refractivity contribution in [1.29, 1.82) is 0 Å². The van der Waals surface area contributed by atoms with Crippen molar-refractivity contribution >= 4 is 6.29 Å². The first-order valence-electron chi connectivity index (χ1n) is 1.66. The molecule has 7 heavy (non-hydrogen) atoms. The Morgan fingerprint density at radius 1 is 1.86 bits per heavy atom. The average Bonchev–Trinajstić information content (AvgIpc) is 2.14. The van der Waals surface area contributed by atoms with E-state index < -0.39 is 0 Å². The van der Waals surface area contributed by atoms with E-state index in [0.29, 0.717) is 6.29 Å². The summed E-state index contributed by atoms with van der Waals surface area (Å²) in [5.74, 6) is 0.153. The van der Waals surface area contributed by atoms with Gasteiger partial charge in [-0.15, -0.1) is 5.10 Å². The van der Waals surface area contributed by atoms with E-state index in [2.05, 4.69) is 14.9 Å². The highest BCUT2D eigenvalue weighted by Gasteiger charge is 1.88. The van der Waals surface area contributed by atoms with Crippen molar-refractivity contribution in [3.63, 3.8) is 0 Å². The van der Waals surface area contributed by atoms with Crippen LogP contribution >= 0.6 is 0 Å². The zero-order chi connectivity index (χ0) is 5.11. The van der Waals surface area contributed by atoms with E-state index in [1.165, 1.54) is 6.20 Å². The van der Waals surface area contributed by atoms with E-state index >= 15 is 0 Å². The lowest BCUT2D eigenvalue weighted by Gasteiger charge is -1.62. The average molecular weight is 98.1 g/mol. The second-order valence-corrected chi connectivity index (χ2v) is 0.938. The summed E-state index contributed by atoms with van der Waals surface area (Å²) in [6.07, 6.45) is 1.78. The lowest BCUT2D eigenvalue weighted by molar-refractivity contribution is 0.109. The van der Waals surface area contributed by atoms with E-state index in [9.17, 15) is 4.79 Å². The summed E-state index contributed by atoms with van der Waals surface area (Å²) in [5.41, 5.74) is 0. The number of carbonyl (C=O) groups is 1.